The average molecular weight is 927 g/mol. The molecule has 0 saturated carbocycles. The van der Waals surface area contributed by atoms with Gasteiger partial charge in [-0.05, 0) is 96.3 Å². The second-order valence-corrected chi connectivity index (χ2v) is 17.4. The predicted molar refractivity (Wildman–Crippen MR) is 288 cm³/mol. The molecule has 6 heteroatoms. The van der Waals surface area contributed by atoms with E-state index in [1.54, 1.807) is 0 Å². The molecule has 6 nitrogen and oxygen atoms in total. The van der Waals surface area contributed by atoms with Crippen LogP contribution in [-0.4, -0.2) is 37.2 Å². The van der Waals surface area contributed by atoms with Crippen LogP contribution in [0.2, 0.25) is 0 Å². The molecule has 0 spiro atoms. The zero-order valence-corrected chi connectivity index (χ0v) is 43.1. The standard InChI is InChI=1S/C61H98O6/c1-4-7-10-13-16-19-22-25-28-30-31-32-34-36-39-42-45-48-51-54-60(63)66-57-58(56-65-59(62)53-50-47-44-41-38-35-27-24-21-18-15-12-9-6-3)67-61(64)55-52-49-46-43-40-37-33-29-26-23-20-17-14-11-8-5-2/h7-8,10-11,16-17,19-20,25-26,28-29,31-32,36-37,39-40,46,49,58H,4-6,9,12-15,18,21-24,27,30,33-35,38,41-45,47-48,50-57H2,1-3H3/b10-7-,11-8-,19-16-,20-17-,28-25-,29-26-,32-31-,39-36-,40-37-,49-46-. The van der Waals surface area contributed by atoms with Gasteiger partial charge in [-0.2, -0.15) is 0 Å². The van der Waals surface area contributed by atoms with Crippen LogP contribution in [-0.2, 0) is 28.6 Å². The van der Waals surface area contributed by atoms with Gasteiger partial charge < -0.3 is 14.2 Å². The van der Waals surface area contributed by atoms with Gasteiger partial charge in [0, 0.05) is 19.3 Å². The first kappa shape index (κ1) is 62.8. The van der Waals surface area contributed by atoms with Crippen molar-refractivity contribution in [3.05, 3.63) is 122 Å². The molecule has 0 aromatic carbocycles. The third kappa shape index (κ3) is 52.6. The van der Waals surface area contributed by atoms with E-state index in [2.05, 4.69) is 130 Å². The van der Waals surface area contributed by atoms with E-state index < -0.39 is 12.1 Å². The molecule has 0 aromatic heterocycles. The maximum atomic E-state index is 12.8. The minimum atomic E-state index is -0.833. The number of hydrogen-bond donors (Lipinski definition) is 0. The lowest BCUT2D eigenvalue weighted by atomic mass is 10.0. The molecule has 1 unspecified atom stereocenters. The highest BCUT2D eigenvalue weighted by molar-refractivity contribution is 5.71. The summed E-state index contributed by atoms with van der Waals surface area (Å²) in [5.41, 5.74) is 0. The average Bonchev–Trinajstić information content (AvgIpc) is 3.33. The topological polar surface area (TPSA) is 78.9 Å². The smallest absolute Gasteiger partial charge is 0.306 e. The molecule has 0 bridgehead atoms. The molecule has 67 heavy (non-hydrogen) atoms. The van der Waals surface area contributed by atoms with Crippen molar-refractivity contribution in [3.8, 4) is 0 Å². The molecule has 378 valence electrons. The van der Waals surface area contributed by atoms with Crippen molar-refractivity contribution in [1.82, 2.24) is 0 Å². The van der Waals surface area contributed by atoms with E-state index >= 15 is 0 Å². The van der Waals surface area contributed by atoms with Gasteiger partial charge in [-0.25, -0.2) is 0 Å². The van der Waals surface area contributed by atoms with Crippen LogP contribution < -0.4 is 0 Å². The lowest BCUT2D eigenvalue weighted by Crippen LogP contribution is -2.30. The summed E-state index contributed by atoms with van der Waals surface area (Å²) in [6.07, 6.45) is 74.8. The normalized spacial score (nSPS) is 13.1. The molecule has 0 aliphatic carbocycles. The van der Waals surface area contributed by atoms with Crippen molar-refractivity contribution in [1.29, 1.82) is 0 Å². The number of carbonyl (C=O) groups is 3. The first-order valence-corrected chi connectivity index (χ1v) is 27.0. The summed E-state index contributed by atoms with van der Waals surface area (Å²) in [6, 6.07) is 0. The van der Waals surface area contributed by atoms with Crippen LogP contribution in [0.25, 0.3) is 0 Å². The number of rotatable bonds is 47. The van der Waals surface area contributed by atoms with E-state index in [1.165, 1.54) is 70.6 Å². The second-order valence-electron chi connectivity index (χ2n) is 17.4. The first-order valence-electron chi connectivity index (χ1n) is 27.0. The van der Waals surface area contributed by atoms with Crippen LogP contribution in [0.3, 0.4) is 0 Å². The Morgan fingerprint density at radius 3 is 0.970 bits per heavy atom. The number of unbranched alkanes of at least 4 members (excludes halogenated alkanes) is 16. The molecule has 0 amide bonds. The van der Waals surface area contributed by atoms with Gasteiger partial charge in [0.05, 0.1) is 0 Å². The van der Waals surface area contributed by atoms with Crippen molar-refractivity contribution in [2.45, 2.75) is 232 Å². The highest BCUT2D eigenvalue weighted by Gasteiger charge is 2.19. The molecule has 0 N–H and O–H groups in total. The largest absolute Gasteiger partial charge is 0.462 e. The minimum Gasteiger partial charge on any atom is -0.462 e. The van der Waals surface area contributed by atoms with Gasteiger partial charge >= 0.3 is 17.9 Å². The van der Waals surface area contributed by atoms with E-state index in [-0.39, 0.29) is 31.6 Å². The van der Waals surface area contributed by atoms with Gasteiger partial charge in [-0.3, -0.25) is 14.4 Å². The number of hydrogen-bond acceptors (Lipinski definition) is 6. The van der Waals surface area contributed by atoms with Gasteiger partial charge in [-0.15, -0.1) is 0 Å². The van der Waals surface area contributed by atoms with Crippen LogP contribution in [0.4, 0.5) is 0 Å². The summed E-state index contributed by atoms with van der Waals surface area (Å²) in [5, 5.41) is 0. The number of ether oxygens (including phenoxy) is 3. The van der Waals surface area contributed by atoms with Gasteiger partial charge in [-0.1, -0.05) is 232 Å². The molecule has 0 aromatic rings. The van der Waals surface area contributed by atoms with Crippen molar-refractivity contribution in [2.75, 3.05) is 13.2 Å². The van der Waals surface area contributed by atoms with Crippen LogP contribution >= 0.6 is 0 Å². The third-order valence-corrected chi connectivity index (χ3v) is 11.0. The van der Waals surface area contributed by atoms with Gasteiger partial charge in [0.15, 0.2) is 6.10 Å². The summed E-state index contributed by atoms with van der Waals surface area (Å²) in [4.78, 5) is 38.0. The van der Waals surface area contributed by atoms with Crippen LogP contribution in [0, 0.1) is 0 Å². The summed E-state index contributed by atoms with van der Waals surface area (Å²) < 4.78 is 16.7. The number of esters is 3. The van der Waals surface area contributed by atoms with Gasteiger partial charge in [0.2, 0.25) is 0 Å². The first-order chi connectivity index (χ1) is 33.0. The summed E-state index contributed by atoms with van der Waals surface area (Å²) in [5.74, 6) is -1.04. The number of allylic oxidation sites excluding steroid dienone is 20. The van der Waals surface area contributed by atoms with E-state index in [0.717, 1.165) is 109 Å². The zero-order valence-electron chi connectivity index (χ0n) is 43.1. The summed E-state index contributed by atoms with van der Waals surface area (Å²) in [6.45, 7) is 6.31. The summed E-state index contributed by atoms with van der Waals surface area (Å²) in [7, 11) is 0. The fourth-order valence-corrected chi connectivity index (χ4v) is 6.99. The third-order valence-electron chi connectivity index (χ3n) is 11.0. The van der Waals surface area contributed by atoms with Gasteiger partial charge in [0.1, 0.15) is 13.2 Å². The molecule has 0 aliphatic rings. The molecule has 0 aliphatic heterocycles. The van der Waals surface area contributed by atoms with Crippen molar-refractivity contribution in [3.63, 3.8) is 0 Å². The maximum Gasteiger partial charge on any atom is 0.306 e. The maximum absolute atomic E-state index is 12.8. The van der Waals surface area contributed by atoms with Crippen LogP contribution in [0.1, 0.15) is 226 Å². The Bertz CT molecular complexity index is 1440. The Hall–Kier alpha value is -4.19. The Balaban J connectivity index is 4.56. The molecule has 0 radical (unpaired) electrons. The van der Waals surface area contributed by atoms with Gasteiger partial charge in [0.25, 0.3) is 0 Å². The minimum absolute atomic E-state index is 0.120. The fourth-order valence-electron chi connectivity index (χ4n) is 6.99. The Kier molecular flexibility index (Phi) is 51.0. The lowest BCUT2D eigenvalue weighted by molar-refractivity contribution is -0.166. The predicted octanol–water partition coefficient (Wildman–Crippen LogP) is 18.1. The quantitative estimate of drug-likeness (QED) is 0.0262. The van der Waals surface area contributed by atoms with E-state index in [9.17, 15) is 14.4 Å². The molecule has 0 fully saturated rings. The van der Waals surface area contributed by atoms with Crippen LogP contribution in [0.5, 0.6) is 0 Å². The highest BCUT2D eigenvalue weighted by atomic mass is 16.6. The highest BCUT2D eigenvalue weighted by Crippen LogP contribution is 2.14. The Morgan fingerprint density at radius 1 is 0.313 bits per heavy atom. The Labute approximate surface area is 412 Å². The van der Waals surface area contributed by atoms with Crippen molar-refractivity contribution >= 4 is 17.9 Å². The molecular formula is C61H98O6. The van der Waals surface area contributed by atoms with Crippen molar-refractivity contribution < 1.29 is 28.6 Å². The van der Waals surface area contributed by atoms with E-state index in [0.29, 0.717) is 19.3 Å². The number of carbonyl (C=O) groups excluding carboxylic acids is 3. The summed E-state index contributed by atoms with van der Waals surface area (Å²) >= 11 is 0. The lowest BCUT2D eigenvalue weighted by Gasteiger charge is -2.18. The molecule has 1 atom stereocenters. The SMILES string of the molecule is CC/C=C\C/C=C\C/C=C\C/C=C\C/C=C\CCCCCC(=O)OCC(COC(=O)CCCCCCCCCCCCCCCC)OC(=O)CC/C=C\C/C=C\C/C=C\C/C=C\C/C=C\CC. The molecular weight excluding hydrogens is 829 g/mol. The van der Waals surface area contributed by atoms with E-state index in [1.807, 2.05) is 12.2 Å². The molecule has 0 heterocycles. The monoisotopic (exact) mass is 927 g/mol. The van der Waals surface area contributed by atoms with Crippen LogP contribution in [0.15, 0.2) is 122 Å². The van der Waals surface area contributed by atoms with Crippen molar-refractivity contribution in [2.24, 2.45) is 0 Å². The van der Waals surface area contributed by atoms with E-state index in [4.69, 9.17) is 14.2 Å². The fraction of sp³-hybridized carbons (Fsp3) is 0.623. The second kappa shape index (κ2) is 54.4. The molecule has 0 rings (SSSR count). The molecule has 0 saturated heterocycles. The zero-order chi connectivity index (χ0) is 48.6. The Morgan fingerprint density at radius 2 is 0.612 bits per heavy atom.